The van der Waals surface area contributed by atoms with Gasteiger partial charge in [-0.05, 0) is 42.3 Å². The molecule has 1 amide bonds. The van der Waals surface area contributed by atoms with Crippen LogP contribution in [0.25, 0.3) is 11.0 Å². The van der Waals surface area contributed by atoms with Crippen molar-refractivity contribution in [2.24, 2.45) is 0 Å². The van der Waals surface area contributed by atoms with Gasteiger partial charge in [-0.3, -0.25) is 4.79 Å². The molecule has 3 rings (SSSR count). The van der Waals surface area contributed by atoms with E-state index < -0.39 is 0 Å². The zero-order valence-electron chi connectivity index (χ0n) is 13.0. The third kappa shape index (κ3) is 3.15. The first-order valence-corrected chi connectivity index (χ1v) is 7.46. The largest absolute Gasteiger partial charge is 0.497 e. The summed E-state index contributed by atoms with van der Waals surface area (Å²) in [6.07, 6.45) is 0.796. The summed E-state index contributed by atoms with van der Waals surface area (Å²) >= 11 is 0. The number of nitrogens with zero attached hydrogens (tertiary/aromatic N) is 2. The summed E-state index contributed by atoms with van der Waals surface area (Å²) in [5.41, 5.74) is 3.03. The van der Waals surface area contributed by atoms with Crippen LogP contribution in [-0.4, -0.2) is 28.4 Å². The van der Waals surface area contributed by atoms with Gasteiger partial charge in [0.25, 0.3) is 5.91 Å². The smallest absolute Gasteiger partial charge is 0.251 e. The number of aromatic nitrogens is 3. The second kappa shape index (κ2) is 6.48. The van der Waals surface area contributed by atoms with Gasteiger partial charge in [-0.2, -0.15) is 15.4 Å². The van der Waals surface area contributed by atoms with Gasteiger partial charge in [0.2, 0.25) is 0 Å². The Morgan fingerprint density at radius 3 is 2.61 bits per heavy atom. The molecule has 2 N–H and O–H groups in total. The molecular weight excluding hydrogens is 292 g/mol. The number of nitrogens with one attached hydrogen (secondary N) is 2. The molecule has 0 aliphatic carbocycles. The van der Waals surface area contributed by atoms with E-state index in [0.717, 1.165) is 23.3 Å². The molecule has 0 unspecified atom stereocenters. The molecule has 1 atom stereocenters. The van der Waals surface area contributed by atoms with Crippen LogP contribution in [0.5, 0.6) is 5.75 Å². The van der Waals surface area contributed by atoms with Crippen molar-refractivity contribution in [2.45, 2.75) is 19.4 Å². The van der Waals surface area contributed by atoms with E-state index in [4.69, 9.17) is 4.74 Å². The average molecular weight is 310 g/mol. The van der Waals surface area contributed by atoms with Crippen LogP contribution < -0.4 is 10.1 Å². The van der Waals surface area contributed by atoms with E-state index in [9.17, 15) is 4.79 Å². The van der Waals surface area contributed by atoms with Crippen LogP contribution in [0.15, 0.2) is 42.5 Å². The number of hydrogen-bond donors (Lipinski definition) is 2. The molecule has 0 aliphatic heterocycles. The highest BCUT2D eigenvalue weighted by molar-refractivity contribution is 5.97. The zero-order valence-corrected chi connectivity index (χ0v) is 13.0. The molecule has 2 aromatic carbocycles. The number of hydrogen-bond acceptors (Lipinski definition) is 4. The number of rotatable bonds is 5. The molecule has 0 saturated carbocycles. The fourth-order valence-electron chi connectivity index (χ4n) is 2.48. The molecular formula is C17H18N4O2. The van der Waals surface area contributed by atoms with Crippen LogP contribution in [-0.2, 0) is 0 Å². The standard InChI is InChI=1S/C17H18N4O2/c1-3-14(11-4-7-13(23-2)8-5-11)18-17(22)12-6-9-15-16(10-12)20-21-19-15/h4-10,14H,3H2,1-2H3,(H,18,22)(H,19,20,21)/t14-/m0/s1. The minimum Gasteiger partial charge on any atom is -0.497 e. The number of methoxy groups -OCH3 is 1. The SMILES string of the molecule is CC[C@H](NC(=O)c1ccc2n[nH]nc2c1)c1ccc(OC)cc1. The van der Waals surface area contributed by atoms with Gasteiger partial charge >= 0.3 is 0 Å². The predicted molar refractivity (Wildman–Crippen MR) is 87.4 cm³/mol. The van der Waals surface area contributed by atoms with Gasteiger partial charge in [-0.15, -0.1) is 0 Å². The lowest BCUT2D eigenvalue weighted by Gasteiger charge is -2.18. The minimum atomic E-state index is -0.127. The molecule has 0 aliphatic rings. The van der Waals surface area contributed by atoms with Crippen molar-refractivity contribution < 1.29 is 9.53 Å². The number of amides is 1. The lowest BCUT2D eigenvalue weighted by atomic mass is 10.0. The van der Waals surface area contributed by atoms with E-state index in [-0.39, 0.29) is 11.9 Å². The quantitative estimate of drug-likeness (QED) is 0.759. The van der Waals surface area contributed by atoms with Gasteiger partial charge in [-0.25, -0.2) is 0 Å². The minimum absolute atomic E-state index is 0.0542. The normalized spacial score (nSPS) is 12.1. The van der Waals surface area contributed by atoms with E-state index in [1.165, 1.54) is 0 Å². The number of aromatic amines is 1. The van der Waals surface area contributed by atoms with Crippen LogP contribution in [0.1, 0.15) is 35.3 Å². The Bertz CT molecular complexity index is 811. The number of carbonyl (C=O) groups excluding carboxylic acids is 1. The molecule has 0 saturated heterocycles. The van der Waals surface area contributed by atoms with Crippen LogP contribution in [0.4, 0.5) is 0 Å². The Hall–Kier alpha value is -2.89. The molecule has 118 valence electrons. The Morgan fingerprint density at radius 1 is 1.17 bits per heavy atom. The highest BCUT2D eigenvalue weighted by Gasteiger charge is 2.15. The van der Waals surface area contributed by atoms with Crippen LogP contribution in [0.3, 0.4) is 0 Å². The van der Waals surface area contributed by atoms with Gasteiger partial charge in [0.1, 0.15) is 16.8 Å². The monoisotopic (exact) mass is 310 g/mol. The molecule has 0 radical (unpaired) electrons. The van der Waals surface area contributed by atoms with Crippen molar-refractivity contribution in [3.63, 3.8) is 0 Å². The number of benzene rings is 2. The van der Waals surface area contributed by atoms with E-state index in [1.807, 2.05) is 31.2 Å². The zero-order chi connectivity index (χ0) is 16.2. The Balaban J connectivity index is 1.78. The maximum Gasteiger partial charge on any atom is 0.251 e. The molecule has 1 heterocycles. The summed E-state index contributed by atoms with van der Waals surface area (Å²) in [5.74, 6) is 0.670. The van der Waals surface area contributed by atoms with Crippen LogP contribution in [0.2, 0.25) is 0 Å². The molecule has 6 nitrogen and oxygen atoms in total. The highest BCUT2D eigenvalue weighted by atomic mass is 16.5. The molecule has 3 aromatic rings. The number of ether oxygens (including phenoxy) is 1. The molecule has 23 heavy (non-hydrogen) atoms. The molecule has 1 aromatic heterocycles. The summed E-state index contributed by atoms with van der Waals surface area (Å²) in [4.78, 5) is 12.5. The lowest BCUT2D eigenvalue weighted by Crippen LogP contribution is -2.28. The number of fused-ring (bicyclic) bond motifs is 1. The summed E-state index contributed by atoms with van der Waals surface area (Å²) in [7, 11) is 1.63. The van der Waals surface area contributed by atoms with E-state index in [1.54, 1.807) is 25.3 Å². The third-order valence-electron chi connectivity index (χ3n) is 3.81. The highest BCUT2D eigenvalue weighted by Crippen LogP contribution is 2.21. The van der Waals surface area contributed by atoms with E-state index in [0.29, 0.717) is 11.1 Å². The molecule has 6 heteroatoms. The fraction of sp³-hybridized carbons (Fsp3) is 0.235. The first kappa shape index (κ1) is 15.0. The van der Waals surface area contributed by atoms with E-state index in [2.05, 4.69) is 20.7 Å². The summed E-state index contributed by atoms with van der Waals surface area (Å²) < 4.78 is 5.16. The van der Waals surface area contributed by atoms with Crippen molar-refractivity contribution in [1.29, 1.82) is 0 Å². The Morgan fingerprint density at radius 2 is 1.91 bits per heavy atom. The maximum absolute atomic E-state index is 12.5. The molecule has 0 fully saturated rings. The first-order valence-electron chi connectivity index (χ1n) is 7.46. The second-order valence-electron chi connectivity index (χ2n) is 5.23. The van der Waals surface area contributed by atoms with Gasteiger partial charge in [-0.1, -0.05) is 19.1 Å². The predicted octanol–water partition coefficient (Wildman–Crippen LogP) is 2.85. The van der Waals surface area contributed by atoms with Crippen molar-refractivity contribution >= 4 is 16.9 Å². The van der Waals surface area contributed by atoms with Crippen molar-refractivity contribution in [1.82, 2.24) is 20.7 Å². The summed E-state index contributed by atoms with van der Waals surface area (Å²) in [6.45, 7) is 2.04. The van der Waals surface area contributed by atoms with Gasteiger partial charge < -0.3 is 10.1 Å². The Kier molecular flexibility index (Phi) is 4.23. The van der Waals surface area contributed by atoms with Gasteiger partial charge in [0.15, 0.2) is 0 Å². The summed E-state index contributed by atoms with van der Waals surface area (Å²) in [5, 5.41) is 13.6. The average Bonchev–Trinajstić information content (AvgIpc) is 3.07. The van der Waals surface area contributed by atoms with Crippen molar-refractivity contribution in [3.8, 4) is 5.75 Å². The third-order valence-corrected chi connectivity index (χ3v) is 3.81. The Labute approximate surface area is 133 Å². The molecule has 0 bridgehead atoms. The number of H-pyrrole nitrogens is 1. The van der Waals surface area contributed by atoms with Crippen LogP contribution in [0, 0.1) is 0 Å². The van der Waals surface area contributed by atoms with Crippen molar-refractivity contribution in [2.75, 3.05) is 7.11 Å². The number of carbonyl (C=O) groups is 1. The molecule has 0 spiro atoms. The topological polar surface area (TPSA) is 79.9 Å². The second-order valence-corrected chi connectivity index (χ2v) is 5.23. The fourth-order valence-corrected chi connectivity index (χ4v) is 2.48. The van der Waals surface area contributed by atoms with Crippen LogP contribution >= 0.6 is 0 Å². The first-order chi connectivity index (χ1) is 11.2. The lowest BCUT2D eigenvalue weighted by molar-refractivity contribution is 0.0935. The maximum atomic E-state index is 12.5. The van der Waals surface area contributed by atoms with E-state index >= 15 is 0 Å². The van der Waals surface area contributed by atoms with Crippen molar-refractivity contribution in [3.05, 3.63) is 53.6 Å². The summed E-state index contributed by atoms with van der Waals surface area (Å²) in [6, 6.07) is 12.9. The van der Waals surface area contributed by atoms with Gasteiger partial charge in [0.05, 0.1) is 13.2 Å². The van der Waals surface area contributed by atoms with Gasteiger partial charge in [0, 0.05) is 5.56 Å².